The van der Waals surface area contributed by atoms with Crippen LogP contribution in [-0.4, -0.2) is 53.0 Å². The molecule has 0 aliphatic carbocycles. The van der Waals surface area contributed by atoms with Crippen LogP contribution in [0.5, 0.6) is 0 Å². The predicted molar refractivity (Wildman–Crippen MR) is 66.0 cm³/mol. The SMILES string of the molecule is COCCNCCNC(=O)C(C)COC.Cl. The van der Waals surface area contributed by atoms with Gasteiger partial charge in [0, 0.05) is 33.9 Å². The monoisotopic (exact) mass is 254 g/mol. The van der Waals surface area contributed by atoms with Gasteiger partial charge in [-0.2, -0.15) is 0 Å². The summed E-state index contributed by atoms with van der Waals surface area (Å²) in [5.74, 6) is -0.0561. The zero-order valence-electron chi connectivity index (χ0n) is 10.2. The minimum absolute atomic E-state index is 0. The van der Waals surface area contributed by atoms with Crippen molar-refractivity contribution in [1.29, 1.82) is 0 Å². The molecule has 1 atom stereocenters. The number of carbonyl (C=O) groups excluding carboxylic acids is 1. The normalized spacial score (nSPS) is 11.7. The maximum Gasteiger partial charge on any atom is 0.225 e. The van der Waals surface area contributed by atoms with Crippen molar-refractivity contribution < 1.29 is 14.3 Å². The molecule has 0 heterocycles. The Labute approximate surface area is 104 Å². The first-order valence-electron chi connectivity index (χ1n) is 5.18. The molecule has 0 aromatic rings. The Balaban J connectivity index is 0. The fourth-order valence-corrected chi connectivity index (χ4v) is 1.07. The molecular formula is C10H23ClN2O3. The fraction of sp³-hybridized carbons (Fsp3) is 0.900. The second-order valence-electron chi connectivity index (χ2n) is 3.39. The van der Waals surface area contributed by atoms with E-state index in [4.69, 9.17) is 9.47 Å². The summed E-state index contributed by atoms with van der Waals surface area (Å²) in [7, 11) is 3.26. The third kappa shape index (κ3) is 10.2. The number of halogens is 1. The van der Waals surface area contributed by atoms with Gasteiger partial charge in [0.15, 0.2) is 0 Å². The summed E-state index contributed by atoms with van der Waals surface area (Å²) in [6.07, 6.45) is 0. The molecule has 1 amide bonds. The van der Waals surface area contributed by atoms with Gasteiger partial charge in [0.1, 0.15) is 0 Å². The van der Waals surface area contributed by atoms with E-state index in [1.165, 1.54) is 0 Å². The van der Waals surface area contributed by atoms with Gasteiger partial charge in [-0.25, -0.2) is 0 Å². The first-order chi connectivity index (χ1) is 7.22. The third-order valence-electron chi connectivity index (χ3n) is 1.95. The maximum atomic E-state index is 11.4. The minimum Gasteiger partial charge on any atom is -0.384 e. The number of carbonyl (C=O) groups is 1. The van der Waals surface area contributed by atoms with Gasteiger partial charge >= 0.3 is 0 Å². The van der Waals surface area contributed by atoms with Crippen molar-refractivity contribution in [3.63, 3.8) is 0 Å². The van der Waals surface area contributed by atoms with Gasteiger partial charge in [0.25, 0.3) is 0 Å². The highest BCUT2D eigenvalue weighted by Crippen LogP contribution is 1.93. The zero-order valence-corrected chi connectivity index (χ0v) is 11.1. The number of nitrogens with one attached hydrogen (secondary N) is 2. The quantitative estimate of drug-likeness (QED) is 0.571. The van der Waals surface area contributed by atoms with E-state index in [1.54, 1.807) is 14.2 Å². The smallest absolute Gasteiger partial charge is 0.225 e. The number of hydrogen-bond donors (Lipinski definition) is 2. The Kier molecular flexibility index (Phi) is 14.3. The average Bonchev–Trinajstić information content (AvgIpc) is 2.23. The van der Waals surface area contributed by atoms with Crippen LogP contribution in [0.25, 0.3) is 0 Å². The fourth-order valence-electron chi connectivity index (χ4n) is 1.07. The van der Waals surface area contributed by atoms with Crippen molar-refractivity contribution in [2.45, 2.75) is 6.92 Å². The molecular weight excluding hydrogens is 232 g/mol. The lowest BCUT2D eigenvalue weighted by atomic mass is 10.2. The molecule has 0 rings (SSSR count). The molecule has 0 saturated carbocycles. The highest BCUT2D eigenvalue weighted by molar-refractivity contribution is 5.85. The standard InChI is InChI=1S/C10H22N2O3.ClH/c1-9(8-15-3)10(13)12-5-4-11-6-7-14-2;/h9,11H,4-8H2,1-3H3,(H,12,13);1H. The third-order valence-corrected chi connectivity index (χ3v) is 1.95. The van der Waals surface area contributed by atoms with Crippen molar-refractivity contribution in [3.05, 3.63) is 0 Å². The van der Waals surface area contributed by atoms with Gasteiger partial charge in [0.2, 0.25) is 5.91 Å². The molecule has 0 bridgehead atoms. The summed E-state index contributed by atoms with van der Waals surface area (Å²) in [6.45, 7) is 5.19. The first kappa shape index (κ1) is 18.0. The molecule has 5 nitrogen and oxygen atoms in total. The van der Waals surface area contributed by atoms with Crippen LogP contribution in [-0.2, 0) is 14.3 Å². The maximum absolute atomic E-state index is 11.4. The molecule has 0 fully saturated rings. The Morgan fingerprint density at radius 1 is 1.19 bits per heavy atom. The van der Waals surface area contributed by atoms with Gasteiger partial charge < -0.3 is 20.1 Å². The molecule has 0 aromatic carbocycles. The molecule has 98 valence electrons. The summed E-state index contributed by atoms with van der Waals surface area (Å²) in [4.78, 5) is 11.4. The van der Waals surface area contributed by atoms with Gasteiger partial charge in [-0.05, 0) is 0 Å². The molecule has 0 saturated heterocycles. The molecule has 6 heteroatoms. The summed E-state index contributed by atoms with van der Waals surface area (Å²) in [5.41, 5.74) is 0. The lowest BCUT2D eigenvalue weighted by molar-refractivity contribution is -0.125. The zero-order chi connectivity index (χ0) is 11.5. The van der Waals surface area contributed by atoms with E-state index >= 15 is 0 Å². The van der Waals surface area contributed by atoms with Gasteiger partial charge in [0.05, 0.1) is 19.1 Å². The van der Waals surface area contributed by atoms with E-state index in [-0.39, 0.29) is 24.2 Å². The van der Waals surface area contributed by atoms with Crippen molar-refractivity contribution in [3.8, 4) is 0 Å². The number of amides is 1. The summed E-state index contributed by atoms with van der Waals surface area (Å²) >= 11 is 0. The lowest BCUT2D eigenvalue weighted by Crippen LogP contribution is -2.36. The largest absolute Gasteiger partial charge is 0.384 e. The van der Waals surface area contributed by atoms with Crippen LogP contribution in [0.1, 0.15) is 6.92 Å². The van der Waals surface area contributed by atoms with Crippen molar-refractivity contribution in [2.75, 3.05) is 47.1 Å². The Hall–Kier alpha value is -0.360. The van der Waals surface area contributed by atoms with Gasteiger partial charge in [-0.15, -0.1) is 12.4 Å². The van der Waals surface area contributed by atoms with Crippen LogP contribution >= 0.6 is 12.4 Å². The number of hydrogen-bond acceptors (Lipinski definition) is 4. The van der Waals surface area contributed by atoms with Crippen LogP contribution in [0.2, 0.25) is 0 Å². The van der Waals surface area contributed by atoms with Crippen LogP contribution < -0.4 is 10.6 Å². The van der Waals surface area contributed by atoms with E-state index in [0.717, 1.165) is 13.1 Å². The van der Waals surface area contributed by atoms with Gasteiger partial charge in [-0.1, -0.05) is 6.92 Å². The number of rotatable bonds is 9. The Morgan fingerprint density at radius 3 is 2.44 bits per heavy atom. The number of methoxy groups -OCH3 is 2. The second kappa shape index (κ2) is 12.7. The lowest BCUT2D eigenvalue weighted by Gasteiger charge is -2.11. The number of ether oxygens (including phenoxy) is 2. The van der Waals surface area contributed by atoms with Crippen molar-refractivity contribution >= 4 is 18.3 Å². The predicted octanol–water partition coefficient (Wildman–Crippen LogP) is 0.0429. The van der Waals surface area contributed by atoms with E-state index in [1.807, 2.05) is 6.92 Å². The van der Waals surface area contributed by atoms with E-state index in [2.05, 4.69) is 10.6 Å². The molecule has 2 N–H and O–H groups in total. The molecule has 1 unspecified atom stereocenters. The van der Waals surface area contributed by atoms with E-state index in [9.17, 15) is 4.79 Å². The summed E-state index contributed by atoms with van der Waals surface area (Å²) < 4.78 is 9.76. The van der Waals surface area contributed by atoms with Crippen molar-refractivity contribution in [1.82, 2.24) is 10.6 Å². The van der Waals surface area contributed by atoms with Crippen LogP contribution in [0.4, 0.5) is 0 Å². The van der Waals surface area contributed by atoms with E-state index < -0.39 is 0 Å². The molecule has 0 spiro atoms. The first-order valence-corrected chi connectivity index (χ1v) is 5.18. The minimum atomic E-state index is -0.0889. The molecule has 0 aromatic heterocycles. The topological polar surface area (TPSA) is 59.6 Å². The summed E-state index contributed by atoms with van der Waals surface area (Å²) in [5, 5.41) is 5.96. The van der Waals surface area contributed by atoms with Gasteiger partial charge in [-0.3, -0.25) is 4.79 Å². The second-order valence-corrected chi connectivity index (χ2v) is 3.39. The van der Waals surface area contributed by atoms with Crippen LogP contribution in [0, 0.1) is 5.92 Å². The molecule has 0 aliphatic heterocycles. The molecule has 0 aliphatic rings. The molecule has 0 radical (unpaired) electrons. The van der Waals surface area contributed by atoms with E-state index in [0.29, 0.717) is 19.8 Å². The Bertz CT molecular complexity index is 170. The average molecular weight is 255 g/mol. The van der Waals surface area contributed by atoms with Crippen LogP contribution in [0.15, 0.2) is 0 Å². The summed E-state index contributed by atoms with van der Waals surface area (Å²) in [6, 6.07) is 0. The van der Waals surface area contributed by atoms with Crippen molar-refractivity contribution in [2.24, 2.45) is 5.92 Å². The van der Waals surface area contributed by atoms with Crippen LogP contribution in [0.3, 0.4) is 0 Å². The highest BCUT2D eigenvalue weighted by Gasteiger charge is 2.10. The Morgan fingerprint density at radius 2 is 1.88 bits per heavy atom. The molecule has 16 heavy (non-hydrogen) atoms. The highest BCUT2D eigenvalue weighted by atomic mass is 35.5.